The second-order valence-corrected chi connectivity index (χ2v) is 9.77. The van der Waals surface area contributed by atoms with Gasteiger partial charge in [0, 0.05) is 9.50 Å². The summed E-state index contributed by atoms with van der Waals surface area (Å²) in [7, 11) is 0. The first-order chi connectivity index (χ1) is 17.7. The first kappa shape index (κ1) is 26.7. The number of hydrogen-bond acceptors (Lipinski definition) is 5. The molecule has 0 unspecified atom stereocenters. The van der Waals surface area contributed by atoms with Crippen molar-refractivity contribution in [3.63, 3.8) is 0 Å². The van der Waals surface area contributed by atoms with E-state index >= 15 is 0 Å². The number of amides is 4. The molecule has 37 heavy (non-hydrogen) atoms. The Kier molecular flexibility index (Phi) is 8.22. The van der Waals surface area contributed by atoms with Crippen LogP contribution in [0, 0.1) is 6.92 Å². The highest BCUT2D eigenvalue weighted by Crippen LogP contribution is 2.38. The first-order valence-electron chi connectivity index (χ1n) is 11.2. The maximum absolute atomic E-state index is 13.3. The summed E-state index contributed by atoms with van der Waals surface area (Å²) in [6, 6.07) is 14.6. The molecule has 0 bridgehead atoms. The Morgan fingerprint density at radius 1 is 1.03 bits per heavy atom. The number of benzene rings is 3. The van der Waals surface area contributed by atoms with Gasteiger partial charge in [-0.2, -0.15) is 0 Å². The van der Waals surface area contributed by atoms with Gasteiger partial charge < -0.3 is 9.47 Å². The second-order valence-electron chi connectivity index (χ2n) is 8.07. The predicted octanol–water partition coefficient (Wildman–Crippen LogP) is 6.71. The molecule has 0 aromatic heterocycles. The summed E-state index contributed by atoms with van der Waals surface area (Å²) in [6.07, 6.45) is 1.36. The molecule has 1 aliphatic rings. The van der Waals surface area contributed by atoms with E-state index in [2.05, 4.69) is 21.2 Å². The molecule has 0 saturated carbocycles. The Labute approximate surface area is 232 Å². The van der Waals surface area contributed by atoms with Crippen LogP contribution >= 0.6 is 39.1 Å². The van der Waals surface area contributed by atoms with Gasteiger partial charge in [0.1, 0.15) is 12.2 Å². The Balaban J connectivity index is 1.67. The molecular formula is C27H21BrCl2N2O5. The zero-order valence-electron chi connectivity index (χ0n) is 19.8. The van der Waals surface area contributed by atoms with E-state index in [1.54, 1.807) is 42.5 Å². The molecule has 190 valence electrons. The van der Waals surface area contributed by atoms with Crippen LogP contribution in [0.25, 0.3) is 6.08 Å². The van der Waals surface area contributed by atoms with E-state index in [0.717, 1.165) is 20.5 Å². The smallest absolute Gasteiger partial charge is 0.335 e. The first-order valence-corrected chi connectivity index (χ1v) is 12.7. The number of aryl methyl sites for hydroxylation is 1. The molecular weight excluding hydrogens is 583 g/mol. The zero-order chi connectivity index (χ0) is 26.7. The number of imide groups is 2. The molecule has 7 nitrogen and oxygen atoms in total. The highest BCUT2D eigenvalue weighted by atomic mass is 79.9. The molecule has 1 aliphatic heterocycles. The molecule has 0 radical (unpaired) electrons. The number of anilines is 1. The lowest BCUT2D eigenvalue weighted by Crippen LogP contribution is -2.54. The average Bonchev–Trinajstić information content (AvgIpc) is 2.83. The fourth-order valence-electron chi connectivity index (χ4n) is 3.68. The van der Waals surface area contributed by atoms with E-state index in [1.807, 2.05) is 26.0 Å². The number of ether oxygens (including phenoxy) is 2. The summed E-state index contributed by atoms with van der Waals surface area (Å²) in [4.78, 5) is 39.3. The molecule has 1 N–H and O–H groups in total. The molecule has 4 rings (SSSR count). The van der Waals surface area contributed by atoms with Crippen molar-refractivity contribution < 1.29 is 23.9 Å². The highest BCUT2D eigenvalue weighted by molar-refractivity contribution is 9.10. The molecule has 1 saturated heterocycles. The Bertz CT molecular complexity index is 1440. The normalized spacial score (nSPS) is 14.7. The molecule has 1 heterocycles. The lowest BCUT2D eigenvalue weighted by atomic mass is 10.1. The zero-order valence-corrected chi connectivity index (χ0v) is 22.9. The Hall–Kier alpha value is -3.33. The van der Waals surface area contributed by atoms with Crippen LogP contribution in [0.4, 0.5) is 10.5 Å². The topological polar surface area (TPSA) is 84.9 Å². The van der Waals surface area contributed by atoms with E-state index < -0.39 is 17.8 Å². The minimum absolute atomic E-state index is 0.200. The van der Waals surface area contributed by atoms with Crippen molar-refractivity contribution in [2.45, 2.75) is 20.5 Å². The van der Waals surface area contributed by atoms with Crippen LogP contribution in [0.2, 0.25) is 10.0 Å². The average molecular weight is 604 g/mol. The minimum Gasteiger partial charge on any atom is -0.490 e. The van der Waals surface area contributed by atoms with Crippen LogP contribution in [0.5, 0.6) is 11.5 Å². The van der Waals surface area contributed by atoms with Gasteiger partial charge in [0.15, 0.2) is 11.5 Å². The minimum atomic E-state index is -0.827. The van der Waals surface area contributed by atoms with E-state index in [9.17, 15) is 14.4 Å². The van der Waals surface area contributed by atoms with Gasteiger partial charge in [-0.1, -0.05) is 51.3 Å². The number of halogens is 3. The number of carbonyl (C=O) groups excluding carboxylic acids is 3. The molecule has 0 aliphatic carbocycles. The van der Waals surface area contributed by atoms with Crippen LogP contribution < -0.4 is 19.7 Å². The van der Waals surface area contributed by atoms with Crippen LogP contribution in [-0.4, -0.2) is 24.5 Å². The van der Waals surface area contributed by atoms with E-state index in [-0.39, 0.29) is 17.2 Å². The maximum Gasteiger partial charge on any atom is 0.335 e. The van der Waals surface area contributed by atoms with Crippen LogP contribution in [0.3, 0.4) is 0 Å². The molecule has 3 aromatic carbocycles. The third kappa shape index (κ3) is 5.98. The standard InChI is InChI=1S/C27H21BrCl2N2O5/c1-3-36-23-13-17(12-22(30)24(23)37-14-16-5-4-6-18(29)10-16)11-20-25(33)31-27(35)32(26(20)34)19-7-8-21(28)15(2)9-19/h4-13H,3,14H2,1-2H3,(H,31,33,35)/b20-11-. The van der Waals surface area contributed by atoms with Gasteiger partial charge in [-0.3, -0.25) is 14.9 Å². The Morgan fingerprint density at radius 3 is 2.51 bits per heavy atom. The molecule has 0 spiro atoms. The number of nitrogens with one attached hydrogen (secondary N) is 1. The molecule has 1 fully saturated rings. The fourth-order valence-corrected chi connectivity index (χ4v) is 4.42. The number of rotatable bonds is 7. The van der Waals surface area contributed by atoms with Crippen LogP contribution in [-0.2, 0) is 16.2 Å². The van der Waals surface area contributed by atoms with Crippen molar-refractivity contribution in [2.75, 3.05) is 11.5 Å². The van der Waals surface area contributed by atoms with Crippen molar-refractivity contribution in [1.82, 2.24) is 5.32 Å². The fraction of sp³-hybridized carbons (Fsp3) is 0.148. The number of nitrogens with zero attached hydrogens (tertiary/aromatic N) is 1. The van der Waals surface area contributed by atoms with Crippen molar-refractivity contribution >= 4 is 68.7 Å². The van der Waals surface area contributed by atoms with Crippen molar-refractivity contribution in [1.29, 1.82) is 0 Å². The quantitative estimate of drug-likeness (QED) is 0.240. The summed E-state index contributed by atoms with van der Waals surface area (Å²) in [5.41, 5.74) is 2.19. The lowest BCUT2D eigenvalue weighted by molar-refractivity contribution is -0.122. The van der Waals surface area contributed by atoms with Gasteiger partial charge in [-0.25, -0.2) is 9.69 Å². The molecule has 3 aromatic rings. The summed E-state index contributed by atoms with van der Waals surface area (Å²) in [5.74, 6) is -0.919. The monoisotopic (exact) mass is 602 g/mol. The van der Waals surface area contributed by atoms with Crippen LogP contribution in [0.1, 0.15) is 23.6 Å². The van der Waals surface area contributed by atoms with Crippen molar-refractivity contribution in [2.24, 2.45) is 0 Å². The maximum atomic E-state index is 13.3. The SMILES string of the molecule is CCOc1cc(/C=C2/C(=O)NC(=O)N(c3ccc(Br)c(C)c3)C2=O)cc(Cl)c1OCc1cccc(Cl)c1. The predicted molar refractivity (Wildman–Crippen MR) is 146 cm³/mol. The lowest BCUT2D eigenvalue weighted by Gasteiger charge is -2.26. The number of carbonyl (C=O) groups is 3. The molecule has 0 atom stereocenters. The molecule has 4 amide bonds. The summed E-state index contributed by atoms with van der Waals surface area (Å²) >= 11 is 16.0. The number of barbiturate groups is 1. The number of hydrogen-bond donors (Lipinski definition) is 1. The van der Waals surface area contributed by atoms with Crippen molar-refractivity contribution in [3.05, 3.63) is 91.4 Å². The van der Waals surface area contributed by atoms with Crippen LogP contribution in [0.15, 0.2) is 64.6 Å². The highest BCUT2D eigenvalue weighted by Gasteiger charge is 2.37. The summed E-state index contributed by atoms with van der Waals surface area (Å²) in [5, 5.41) is 3.02. The summed E-state index contributed by atoms with van der Waals surface area (Å²) in [6.45, 7) is 4.16. The third-order valence-electron chi connectivity index (χ3n) is 5.42. The van der Waals surface area contributed by atoms with Gasteiger partial charge >= 0.3 is 6.03 Å². The van der Waals surface area contributed by atoms with Gasteiger partial charge in [0.25, 0.3) is 11.8 Å². The van der Waals surface area contributed by atoms with Gasteiger partial charge in [0.2, 0.25) is 0 Å². The van der Waals surface area contributed by atoms with E-state index in [4.69, 9.17) is 32.7 Å². The van der Waals surface area contributed by atoms with Crippen molar-refractivity contribution in [3.8, 4) is 11.5 Å². The Morgan fingerprint density at radius 2 is 1.81 bits per heavy atom. The molecule has 10 heteroatoms. The second kappa shape index (κ2) is 11.4. The van der Waals surface area contributed by atoms with Gasteiger partial charge in [0.05, 0.1) is 17.3 Å². The summed E-state index contributed by atoms with van der Waals surface area (Å²) < 4.78 is 12.5. The third-order valence-corrected chi connectivity index (χ3v) is 6.82. The van der Waals surface area contributed by atoms with E-state index in [0.29, 0.717) is 34.4 Å². The van der Waals surface area contributed by atoms with Gasteiger partial charge in [-0.05, 0) is 79.1 Å². The number of urea groups is 1. The largest absolute Gasteiger partial charge is 0.490 e. The van der Waals surface area contributed by atoms with Gasteiger partial charge in [-0.15, -0.1) is 0 Å². The van der Waals surface area contributed by atoms with E-state index in [1.165, 1.54) is 6.08 Å².